The molecule has 5 heteroatoms. The number of carbonyl (C=O) groups is 1. The summed E-state index contributed by atoms with van der Waals surface area (Å²) in [5.41, 5.74) is 4.43. The molecule has 0 spiro atoms. The van der Waals surface area contributed by atoms with Crippen LogP contribution in [0.5, 0.6) is 0 Å². The molecule has 0 radical (unpaired) electrons. The fourth-order valence-corrected chi connectivity index (χ4v) is 3.77. The number of rotatable bonds is 2. The van der Waals surface area contributed by atoms with E-state index in [-0.39, 0.29) is 5.91 Å². The van der Waals surface area contributed by atoms with E-state index >= 15 is 0 Å². The van der Waals surface area contributed by atoms with E-state index in [0.717, 1.165) is 22.6 Å². The molecule has 2 heterocycles. The minimum absolute atomic E-state index is 0.0282. The summed E-state index contributed by atoms with van der Waals surface area (Å²) in [6.45, 7) is 4.14. The van der Waals surface area contributed by atoms with Crippen molar-refractivity contribution in [3.05, 3.63) is 58.3 Å². The molecular weight excluding hydrogens is 312 g/mol. The lowest BCUT2D eigenvalue weighted by atomic mass is 10.2. The van der Waals surface area contributed by atoms with Crippen LogP contribution < -0.4 is 0 Å². The summed E-state index contributed by atoms with van der Waals surface area (Å²) in [4.78, 5) is 14.3. The third kappa shape index (κ3) is 2.51. The highest BCUT2D eigenvalue weighted by atomic mass is 32.2. The summed E-state index contributed by atoms with van der Waals surface area (Å²) in [6, 6.07) is 12.3. The number of nitrogens with zero attached hydrogens (tertiary/aromatic N) is 2. The zero-order chi connectivity index (χ0) is 15.9. The van der Waals surface area contributed by atoms with Crippen LogP contribution >= 0.6 is 24.0 Å². The van der Waals surface area contributed by atoms with Crippen molar-refractivity contribution in [1.82, 2.24) is 9.47 Å². The molecule has 1 aromatic heterocycles. The van der Waals surface area contributed by atoms with Crippen molar-refractivity contribution in [2.45, 2.75) is 13.8 Å². The third-order valence-electron chi connectivity index (χ3n) is 3.76. The molecule has 1 amide bonds. The number of hydrogen-bond acceptors (Lipinski definition) is 3. The van der Waals surface area contributed by atoms with E-state index < -0.39 is 0 Å². The van der Waals surface area contributed by atoms with E-state index in [1.807, 2.05) is 24.3 Å². The molecule has 0 N–H and O–H groups in total. The highest BCUT2D eigenvalue weighted by Crippen LogP contribution is 2.33. The van der Waals surface area contributed by atoms with Gasteiger partial charge in [-0.2, -0.15) is 0 Å². The first-order valence-corrected chi connectivity index (χ1v) is 8.17. The molecule has 22 heavy (non-hydrogen) atoms. The predicted octanol–water partition coefficient (Wildman–Crippen LogP) is 3.93. The lowest BCUT2D eigenvalue weighted by molar-refractivity contribution is -0.121. The number of carbonyl (C=O) groups excluding carboxylic acids is 1. The van der Waals surface area contributed by atoms with Crippen LogP contribution in [0.4, 0.5) is 0 Å². The molecule has 112 valence electrons. The van der Waals surface area contributed by atoms with E-state index in [9.17, 15) is 4.79 Å². The van der Waals surface area contributed by atoms with Gasteiger partial charge in [-0.25, -0.2) is 0 Å². The van der Waals surface area contributed by atoms with Crippen molar-refractivity contribution in [3.8, 4) is 5.69 Å². The van der Waals surface area contributed by atoms with Gasteiger partial charge >= 0.3 is 0 Å². The minimum atomic E-state index is -0.0282. The molecular formula is C17H16N2OS2. The van der Waals surface area contributed by atoms with Gasteiger partial charge in [0.1, 0.15) is 4.32 Å². The number of thioether (sulfide) groups is 1. The second-order valence-corrected chi connectivity index (χ2v) is 6.91. The van der Waals surface area contributed by atoms with Crippen LogP contribution in [0.3, 0.4) is 0 Å². The molecule has 0 bridgehead atoms. The average Bonchev–Trinajstić information content (AvgIpc) is 2.92. The number of thiocarbonyl (C=S) groups is 1. The van der Waals surface area contributed by atoms with Gasteiger partial charge in [-0.15, -0.1) is 0 Å². The van der Waals surface area contributed by atoms with Gasteiger partial charge in [-0.05, 0) is 43.7 Å². The van der Waals surface area contributed by atoms with Gasteiger partial charge in [0, 0.05) is 24.1 Å². The molecule has 3 rings (SSSR count). The standard InChI is InChI=1S/C17H16N2OS2/c1-11-9-13(10-15-16(20)18(3)17(21)22-15)12(2)19(11)14-7-5-4-6-8-14/h4-10H,1-3H3. The Hall–Kier alpha value is -1.85. The molecule has 1 fully saturated rings. The van der Waals surface area contributed by atoms with E-state index in [1.165, 1.54) is 16.7 Å². The van der Waals surface area contributed by atoms with Crippen molar-refractivity contribution in [3.63, 3.8) is 0 Å². The highest BCUT2D eigenvalue weighted by Gasteiger charge is 2.29. The van der Waals surface area contributed by atoms with Gasteiger partial charge in [-0.3, -0.25) is 9.69 Å². The first-order chi connectivity index (χ1) is 10.5. The fourth-order valence-electron chi connectivity index (χ4n) is 2.59. The zero-order valence-corrected chi connectivity index (χ0v) is 14.3. The monoisotopic (exact) mass is 328 g/mol. The summed E-state index contributed by atoms with van der Waals surface area (Å²) in [5, 5.41) is 0. The largest absolute Gasteiger partial charge is 0.318 e. The first-order valence-electron chi connectivity index (χ1n) is 6.95. The predicted molar refractivity (Wildman–Crippen MR) is 96.2 cm³/mol. The molecule has 1 aliphatic heterocycles. The Balaban J connectivity index is 2.05. The number of likely N-dealkylation sites (N-methyl/N-ethyl adjacent to an activating group) is 1. The quantitative estimate of drug-likeness (QED) is 0.617. The van der Waals surface area contributed by atoms with Crippen molar-refractivity contribution in [2.24, 2.45) is 0 Å². The van der Waals surface area contributed by atoms with Crippen LogP contribution in [0.2, 0.25) is 0 Å². The Labute approximate surface area is 139 Å². The van der Waals surface area contributed by atoms with Gasteiger partial charge in [0.25, 0.3) is 5.91 Å². The SMILES string of the molecule is Cc1cc(C=C2SC(=S)N(C)C2=O)c(C)n1-c1ccccc1. The molecule has 0 atom stereocenters. The number of hydrogen-bond donors (Lipinski definition) is 0. The normalized spacial score (nSPS) is 16.9. The van der Waals surface area contributed by atoms with Gasteiger partial charge in [0.2, 0.25) is 0 Å². The molecule has 2 aromatic rings. The number of amides is 1. The molecule has 1 saturated heterocycles. The van der Waals surface area contributed by atoms with Crippen molar-refractivity contribution in [2.75, 3.05) is 7.05 Å². The molecule has 0 unspecified atom stereocenters. The molecule has 1 aliphatic rings. The number of benzene rings is 1. The third-order valence-corrected chi connectivity index (χ3v) is 5.24. The average molecular weight is 328 g/mol. The van der Waals surface area contributed by atoms with Crippen LogP contribution in [0.15, 0.2) is 41.3 Å². The topological polar surface area (TPSA) is 25.2 Å². The second-order valence-electron chi connectivity index (χ2n) is 5.24. The summed E-state index contributed by atoms with van der Waals surface area (Å²) in [5.74, 6) is -0.0282. The second kappa shape index (κ2) is 5.74. The highest BCUT2D eigenvalue weighted by molar-refractivity contribution is 8.26. The Bertz CT molecular complexity index is 790. The van der Waals surface area contributed by atoms with E-state index in [1.54, 1.807) is 7.05 Å². The van der Waals surface area contributed by atoms with Crippen LogP contribution in [-0.4, -0.2) is 26.7 Å². The molecule has 3 nitrogen and oxygen atoms in total. The maximum absolute atomic E-state index is 12.1. The maximum atomic E-state index is 12.1. The van der Waals surface area contributed by atoms with Crippen molar-refractivity contribution < 1.29 is 4.79 Å². The Morgan fingerprint density at radius 2 is 1.86 bits per heavy atom. The number of para-hydroxylation sites is 1. The van der Waals surface area contributed by atoms with Crippen molar-refractivity contribution >= 4 is 40.3 Å². The molecule has 0 saturated carbocycles. The lowest BCUT2D eigenvalue weighted by Crippen LogP contribution is -2.22. The minimum Gasteiger partial charge on any atom is -0.318 e. The summed E-state index contributed by atoms with van der Waals surface area (Å²) < 4.78 is 2.80. The smallest absolute Gasteiger partial charge is 0.265 e. The van der Waals surface area contributed by atoms with E-state index in [2.05, 4.69) is 36.6 Å². The Morgan fingerprint density at radius 1 is 1.18 bits per heavy atom. The Morgan fingerprint density at radius 3 is 2.45 bits per heavy atom. The zero-order valence-electron chi connectivity index (χ0n) is 12.7. The molecule has 0 aliphatic carbocycles. The Kier molecular flexibility index (Phi) is 3.93. The lowest BCUT2D eigenvalue weighted by Gasteiger charge is -2.09. The summed E-state index contributed by atoms with van der Waals surface area (Å²) in [7, 11) is 1.71. The van der Waals surface area contributed by atoms with Gasteiger partial charge in [0.15, 0.2) is 0 Å². The van der Waals surface area contributed by atoms with Gasteiger partial charge < -0.3 is 4.57 Å². The van der Waals surface area contributed by atoms with E-state index in [4.69, 9.17) is 12.2 Å². The van der Waals surface area contributed by atoms with Gasteiger partial charge in [-0.1, -0.05) is 42.2 Å². The number of aromatic nitrogens is 1. The van der Waals surface area contributed by atoms with Crippen LogP contribution in [0.25, 0.3) is 11.8 Å². The summed E-state index contributed by atoms with van der Waals surface area (Å²) >= 11 is 6.53. The maximum Gasteiger partial charge on any atom is 0.265 e. The first kappa shape index (κ1) is 15.1. The van der Waals surface area contributed by atoms with Crippen LogP contribution in [0.1, 0.15) is 17.0 Å². The van der Waals surface area contributed by atoms with Crippen LogP contribution in [-0.2, 0) is 4.79 Å². The van der Waals surface area contributed by atoms with Crippen molar-refractivity contribution in [1.29, 1.82) is 0 Å². The van der Waals surface area contributed by atoms with E-state index in [0.29, 0.717) is 9.23 Å². The fraction of sp³-hybridized carbons (Fsp3) is 0.176. The van der Waals surface area contributed by atoms with Gasteiger partial charge in [0.05, 0.1) is 4.91 Å². The number of aryl methyl sites for hydroxylation is 1. The van der Waals surface area contributed by atoms with Crippen LogP contribution in [0, 0.1) is 13.8 Å². The molecule has 1 aromatic carbocycles. The summed E-state index contributed by atoms with van der Waals surface area (Å²) in [6.07, 6.45) is 1.94.